The van der Waals surface area contributed by atoms with Gasteiger partial charge in [0.1, 0.15) is 18.1 Å². The van der Waals surface area contributed by atoms with Crippen LogP contribution in [0.1, 0.15) is 20.1 Å². The van der Waals surface area contributed by atoms with Crippen LogP contribution in [-0.2, 0) is 31.6 Å². The van der Waals surface area contributed by atoms with Crippen LogP contribution in [0, 0.1) is 11.3 Å². The Morgan fingerprint density at radius 3 is 2.28 bits per heavy atom. The first kappa shape index (κ1) is 22.7. The van der Waals surface area contributed by atoms with Crippen molar-refractivity contribution in [1.82, 2.24) is 9.55 Å². The molecule has 0 radical (unpaired) electrons. The molecule has 0 aromatic carbocycles. The second-order valence-corrected chi connectivity index (χ2v) is 11.4. The number of ether oxygens (including phenoxy) is 1. The smallest absolute Gasteiger partial charge is 0.383 e. The highest BCUT2D eigenvalue weighted by molar-refractivity contribution is 7.66. The van der Waals surface area contributed by atoms with Crippen LogP contribution < -0.4 is 11.4 Å². The standard InChI is InChI=1S/C11H18N3O12P3/c1-11(2)6-7(23-9(11)14-4-3-5(12)13-10(14)15)8(6)24-28(19,20)26-29(21,22)25-27(16,17)18/h3-4,6-9H,1-2H3,(H,19,20)(H,21,22)(H2,12,13,15)(H2,16,17,18)/t6?,7-,8?,9+/m0/s1. The molecule has 1 aliphatic carbocycles. The lowest BCUT2D eigenvalue weighted by atomic mass is 9.86. The van der Waals surface area contributed by atoms with E-state index in [9.17, 15) is 28.3 Å². The molecule has 1 saturated heterocycles. The maximum Gasteiger partial charge on any atom is 0.490 e. The van der Waals surface area contributed by atoms with Gasteiger partial charge in [0, 0.05) is 17.5 Å². The highest BCUT2D eigenvalue weighted by Crippen LogP contribution is 2.70. The Balaban J connectivity index is 1.70. The van der Waals surface area contributed by atoms with E-state index >= 15 is 0 Å². The number of aromatic nitrogens is 2. The molecule has 15 nitrogen and oxygen atoms in total. The van der Waals surface area contributed by atoms with Crippen molar-refractivity contribution in [3.05, 3.63) is 22.7 Å². The SMILES string of the molecule is CC1(C)C2C(OP(=O)(O)OP(=O)(O)OP(=O)(O)O)[C@H]2O[C@H]1n1ccc(N)nc1=O. The second kappa shape index (κ2) is 7.04. The molecule has 1 aromatic heterocycles. The molecular weight excluding hydrogens is 459 g/mol. The highest BCUT2D eigenvalue weighted by Gasteiger charge is 2.71. The molecule has 0 bridgehead atoms. The van der Waals surface area contributed by atoms with Crippen molar-refractivity contribution in [2.45, 2.75) is 32.3 Å². The van der Waals surface area contributed by atoms with Crippen molar-refractivity contribution in [2.75, 3.05) is 5.73 Å². The molecule has 6 atom stereocenters. The van der Waals surface area contributed by atoms with E-state index in [-0.39, 0.29) is 5.82 Å². The summed E-state index contributed by atoms with van der Waals surface area (Å²) >= 11 is 0. The number of hydrogen-bond acceptors (Lipinski definition) is 10. The van der Waals surface area contributed by atoms with Crippen LogP contribution in [0.25, 0.3) is 0 Å². The Labute approximate surface area is 162 Å². The summed E-state index contributed by atoms with van der Waals surface area (Å²) in [5, 5.41) is 0. The van der Waals surface area contributed by atoms with Gasteiger partial charge in [0.05, 0.1) is 6.10 Å². The number of fused-ring (bicyclic) bond motifs is 1. The largest absolute Gasteiger partial charge is 0.490 e. The van der Waals surface area contributed by atoms with E-state index in [2.05, 4.69) is 13.6 Å². The number of rotatable bonds is 7. The van der Waals surface area contributed by atoms with Gasteiger partial charge in [-0.05, 0) is 6.07 Å². The first-order valence-electron chi connectivity index (χ1n) is 7.85. The first-order valence-corrected chi connectivity index (χ1v) is 12.4. The molecule has 29 heavy (non-hydrogen) atoms. The minimum absolute atomic E-state index is 0.0257. The molecule has 2 fully saturated rings. The monoisotopic (exact) mass is 477 g/mol. The maximum atomic E-state index is 12.0. The van der Waals surface area contributed by atoms with Crippen molar-refractivity contribution in [3.63, 3.8) is 0 Å². The lowest BCUT2D eigenvalue weighted by Crippen LogP contribution is -2.36. The van der Waals surface area contributed by atoms with Crippen LogP contribution in [0.4, 0.5) is 5.82 Å². The summed E-state index contributed by atoms with van der Waals surface area (Å²) in [7, 11) is -16.4. The second-order valence-electron chi connectivity index (χ2n) is 7.00. The predicted octanol–water partition coefficient (Wildman–Crippen LogP) is 0.0908. The molecule has 164 valence electrons. The van der Waals surface area contributed by atoms with Crippen LogP contribution in [-0.4, -0.2) is 41.3 Å². The number of anilines is 1. The Hall–Kier alpha value is -0.950. The van der Waals surface area contributed by atoms with Crippen LogP contribution in [0.2, 0.25) is 0 Å². The number of nitrogens with zero attached hydrogens (tertiary/aromatic N) is 2. The van der Waals surface area contributed by atoms with Gasteiger partial charge in [-0.3, -0.25) is 9.09 Å². The summed E-state index contributed by atoms with van der Waals surface area (Å²) < 4.78 is 53.1. The van der Waals surface area contributed by atoms with Crippen molar-refractivity contribution in [2.24, 2.45) is 11.3 Å². The van der Waals surface area contributed by atoms with E-state index in [0.717, 1.165) is 0 Å². The molecule has 3 rings (SSSR count). The summed E-state index contributed by atoms with van der Waals surface area (Å²) in [6.45, 7) is 3.40. The van der Waals surface area contributed by atoms with Crippen molar-refractivity contribution in [3.8, 4) is 0 Å². The van der Waals surface area contributed by atoms with E-state index in [4.69, 9.17) is 24.8 Å². The average Bonchev–Trinajstić information content (AvgIpc) is 3.04. The zero-order valence-electron chi connectivity index (χ0n) is 14.8. The number of nitrogen functional groups attached to an aromatic ring is 1. The Kier molecular flexibility index (Phi) is 5.52. The van der Waals surface area contributed by atoms with Crippen molar-refractivity contribution >= 4 is 29.3 Å². The van der Waals surface area contributed by atoms with Crippen LogP contribution in [0.15, 0.2) is 17.1 Å². The predicted molar refractivity (Wildman–Crippen MR) is 92.8 cm³/mol. The number of nitrogens with two attached hydrogens (primary N) is 1. The molecule has 18 heteroatoms. The average molecular weight is 477 g/mol. The Morgan fingerprint density at radius 1 is 1.17 bits per heavy atom. The van der Waals surface area contributed by atoms with Gasteiger partial charge < -0.3 is 30.0 Å². The summed E-state index contributed by atoms with van der Waals surface area (Å²) in [4.78, 5) is 51.5. The molecule has 2 heterocycles. The van der Waals surface area contributed by atoms with E-state index in [1.54, 1.807) is 13.8 Å². The fraction of sp³-hybridized carbons (Fsp3) is 0.636. The van der Waals surface area contributed by atoms with E-state index in [1.807, 2.05) is 0 Å². The zero-order valence-corrected chi connectivity index (χ0v) is 17.5. The topological polar surface area (TPSA) is 230 Å². The molecule has 2 aliphatic rings. The van der Waals surface area contributed by atoms with Gasteiger partial charge in [-0.15, -0.1) is 0 Å². The molecule has 6 N–H and O–H groups in total. The van der Waals surface area contributed by atoms with Crippen molar-refractivity contribution < 1.29 is 51.2 Å². The Morgan fingerprint density at radius 2 is 1.79 bits per heavy atom. The van der Waals surface area contributed by atoms with Gasteiger partial charge in [-0.2, -0.15) is 13.6 Å². The van der Waals surface area contributed by atoms with Gasteiger partial charge in [-0.1, -0.05) is 13.8 Å². The van der Waals surface area contributed by atoms with Crippen molar-refractivity contribution in [1.29, 1.82) is 0 Å². The molecule has 0 amide bonds. The summed E-state index contributed by atoms with van der Waals surface area (Å²) in [5.41, 5.74) is 3.99. The third kappa shape index (κ3) is 4.87. The highest BCUT2D eigenvalue weighted by atomic mass is 31.3. The number of phosphoric acid groups is 3. The van der Waals surface area contributed by atoms with Gasteiger partial charge >= 0.3 is 29.2 Å². The molecular formula is C11H18N3O12P3. The molecule has 1 aliphatic heterocycles. The minimum atomic E-state index is -5.61. The summed E-state index contributed by atoms with van der Waals surface area (Å²) in [5.74, 6) is -0.487. The van der Waals surface area contributed by atoms with Gasteiger partial charge in [0.2, 0.25) is 0 Å². The van der Waals surface area contributed by atoms with Crippen LogP contribution in [0.3, 0.4) is 0 Å². The molecule has 1 saturated carbocycles. The number of phosphoric ester groups is 1. The third-order valence-corrected chi connectivity index (χ3v) is 8.28. The molecule has 1 aromatic rings. The maximum absolute atomic E-state index is 12.0. The fourth-order valence-corrected chi connectivity index (χ4v) is 6.58. The third-order valence-electron chi connectivity index (χ3n) is 4.45. The fourth-order valence-electron chi connectivity index (χ4n) is 3.36. The Bertz CT molecular complexity index is 1020. The van der Waals surface area contributed by atoms with Crippen LogP contribution in [0.5, 0.6) is 0 Å². The quantitative estimate of drug-likeness (QED) is 0.328. The lowest BCUT2D eigenvalue weighted by molar-refractivity contribution is -0.0651. The summed E-state index contributed by atoms with van der Waals surface area (Å²) in [6.07, 6.45) is -1.22. The first-order chi connectivity index (χ1) is 13.0. The van der Waals surface area contributed by atoms with Gasteiger partial charge in [0.25, 0.3) is 0 Å². The van der Waals surface area contributed by atoms with Gasteiger partial charge in [0.15, 0.2) is 0 Å². The van der Waals surface area contributed by atoms with E-state index in [1.165, 1.54) is 16.8 Å². The number of hydrogen-bond donors (Lipinski definition) is 5. The molecule has 0 spiro atoms. The normalized spacial score (nSPS) is 32.2. The van der Waals surface area contributed by atoms with Crippen LogP contribution >= 0.6 is 23.5 Å². The summed E-state index contributed by atoms with van der Waals surface area (Å²) in [6, 6.07) is 1.40. The molecule has 4 unspecified atom stereocenters. The van der Waals surface area contributed by atoms with E-state index < -0.39 is 58.9 Å². The lowest BCUT2D eigenvalue weighted by Gasteiger charge is -2.31. The zero-order chi connectivity index (χ0) is 22.0. The minimum Gasteiger partial charge on any atom is -0.383 e. The van der Waals surface area contributed by atoms with Gasteiger partial charge in [-0.25, -0.2) is 18.5 Å². The van der Waals surface area contributed by atoms with E-state index in [0.29, 0.717) is 0 Å².